The molecule has 0 saturated heterocycles. The van der Waals surface area contributed by atoms with Gasteiger partial charge in [-0.05, 0) is 30.5 Å². The van der Waals surface area contributed by atoms with Crippen LogP contribution in [0.1, 0.15) is 13.8 Å². The van der Waals surface area contributed by atoms with E-state index in [4.69, 9.17) is 10.5 Å². The zero-order valence-electron chi connectivity index (χ0n) is 12.5. The van der Waals surface area contributed by atoms with Gasteiger partial charge in [-0.25, -0.2) is 0 Å². The smallest absolute Gasteiger partial charge is 0.257 e. The van der Waals surface area contributed by atoms with E-state index in [2.05, 4.69) is 24.5 Å². The molecule has 0 bridgehead atoms. The molecule has 0 saturated carbocycles. The number of hydrogen-bond acceptors (Lipinski definition) is 4. The van der Waals surface area contributed by atoms with Crippen molar-refractivity contribution in [2.45, 2.75) is 13.8 Å². The number of amides is 1. The third kappa shape index (κ3) is 5.48. The molecule has 1 amide bonds. The molecule has 1 atom stereocenters. The summed E-state index contributed by atoms with van der Waals surface area (Å²) in [5.74, 6) is 1.50. The normalized spacial score (nSPS) is 12.1. The third-order valence-electron chi connectivity index (χ3n) is 3.30. The van der Waals surface area contributed by atoms with Crippen LogP contribution in [0.3, 0.4) is 0 Å². The number of ether oxygens (including phenoxy) is 1. The molecule has 0 aliphatic carbocycles. The highest BCUT2D eigenvalue weighted by atomic mass is 16.5. The Morgan fingerprint density at radius 2 is 2.15 bits per heavy atom. The van der Waals surface area contributed by atoms with Crippen molar-refractivity contribution < 1.29 is 9.53 Å². The van der Waals surface area contributed by atoms with Gasteiger partial charge >= 0.3 is 0 Å². The van der Waals surface area contributed by atoms with Crippen LogP contribution in [0.2, 0.25) is 0 Å². The van der Waals surface area contributed by atoms with Crippen LogP contribution in [0.4, 0.5) is 5.69 Å². The van der Waals surface area contributed by atoms with Crippen LogP contribution < -0.4 is 21.1 Å². The van der Waals surface area contributed by atoms with Crippen molar-refractivity contribution in [1.82, 2.24) is 5.32 Å². The molecule has 112 valence electrons. The van der Waals surface area contributed by atoms with Crippen LogP contribution >= 0.6 is 0 Å². The van der Waals surface area contributed by atoms with Gasteiger partial charge in [0.1, 0.15) is 5.75 Å². The monoisotopic (exact) mass is 279 g/mol. The van der Waals surface area contributed by atoms with Gasteiger partial charge in [-0.3, -0.25) is 4.79 Å². The van der Waals surface area contributed by atoms with Crippen LogP contribution in [0.25, 0.3) is 0 Å². The number of likely N-dealkylation sites (N-methyl/N-ethyl adjacent to an activating group) is 1. The Morgan fingerprint density at radius 3 is 2.75 bits per heavy atom. The van der Waals surface area contributed by atoms with Gasteiger partial charge in [0.25, 0.3) is 5.91 Å². The fraction of sp³-hybridized carbons (Fsp3) is 0.533. The van der Waals surface area contributed by atoms with Gasteiger partial charge in [-0.1, -0.05) is 19.9 Å². The highest BCUT2D eigenvalue weighted by Crippen LogP contribution is 2.18. The van der Waals surface area contributed by atoms with Crippen LogP contribution in [0, 0.1) is 11.8 Å². The maximum Gasteiger partial charge on any atom is 0.257 e. The van der Waals surface area contributed by atoms with Gasteiger partial charge in [-0.15, -0.1) is 0 Å². The lowest BCUT2D eigenvalue weighted by Crippen LogP contribution is -2.27. The van der Waals surface area contributed by atoms with E-state index in [1.165, 1.54) is 0 Å². The number of benzene rings is 1. The third-order valence-corrected chi connectivity index (χ3v) is 3.30. The predicted molar refractivity (Wildman–Crippen MR) is 81.9 cm³/mol. The van der Waals surface area contributed by atoms with Crippen molar-refractivity contribution in [2.24, 2.45) is 17.6 Å². The minimum absolute atomic E-state index is 0.0252. The summed E-state index contributed by atoms with van der Waals surface area (Å²) in [7, 11) is 1.59. The number of carbonyl (C=O) groups is 1. The molecule has 0 spiro atoms. The van der Waals surface area contributed by atoms with E-state index < -0.39 is 0 Å². The van der Waals surface area contributed by atoms with Gasteiger partial charge in [-0.2, -0.15) is 0 Å². The van der Waals surface area contributed by atoms with Crippen LogP contribution in [-0.2, 0) is 4.79 Å². The van der Waals surface area contributed by atoms with E-state index in [0.717, 1.165) is 12.2 Å². The van der Waals surface area contributed by atoms with Crippen molar-refractivity contribution in [3.05, 3.63) is 24.3 Å². The Bertz CT molecular complexity index is 421. The summed E-state index contributed by atoms with van der Waals surface area (Å²) < 4.78 is 5.40. The number of hydrogen-bond donors (Lipinski definition) is 3. The standard InChI is InChI=1S/C15H25N3O2/c1-11(2)12(8-16)9-18-13-5-4-6-14(7-13)20-10-15(19)17-3/h4-7,11-12,18H,8-10,16H2,1-3H3,(H,17,19). The summed E-state index contributed by atoms with van der Waals surface area (Å²) in [6, 6.07) is 7.59. The lowest BCUT2D eigenvalue weighted by atomic mass is 9.96. The van der Waals surface area contributed by atoms with Gasteiger partial charge in [0.15, 0.2) is 6.61 Å². The molecule has 0 heterocycles. The summed E-state index contributed by atoms with van der Waals surface area (Å²) in [6.07, 6.45) is 0. The average Bonchev–Trinajstić information content (AvgIpc) is 2.45. The molecular weight excluding hydrogens is 254 g/mol. The molecule has 1 unspecified atom stereocenters. The number of anilines is 1. The summed E-state index contributed by atoms with van der Waals surface area (Å²) in [4.78, 5) is 11.1. The molecular formula is C15H25N3O2. The first-order chi connectivity index (χ1) is 9.56. The summed E-state index contributed by atoms with van der Waals surface area (Å²) in [5, 5.41) is 5.87. The molecule has 5 heteroatoms. The minimum atomic E-state index is -0.147. The fourth-order valence-electron chi connectivity index (χ4n) is 1.76. The maximum absolute atomic E-state index is 11.1. The number of nitrogens with one attached hydrogen (secondary N) is 2. The van der Waals surface area contributed by atoms with E-state index in [1.54, 1.807) is 7.05 Å². The van der Waals surface area contributed by atoms with E-state index in [1.807, 2.05) is 24.3 Å². The largest absolute Gasteiger partial charge is 0.484 e. The SMILES string of the molecule is CNC(=O)COc1cccc(NCC(CN)C(C)C)c1. The van der Waals surface area contributed by atoms with E-state index in [-0.39, 0.29) is 12.5 Å². The van der Waals surface area contributed by atoms with Crippen molar-refractivity contribution >= 4 is 11.6 Å². The maximum atomic E-state index is 11.1. The molecule has 0 radical (unpaired) electrons. The minimum Gasteiger partial charge on any atom is -0.484 e. The predicted octanol–water partition coefficient (Wildman–Crippen LogP) is 1.45. The summed E-state index contributed by atoms with van der Waals surface area (Å²) in [5.41, 5.74) is 6.73. The molecule has 4 N–H and O–H groups in total. The van der Waals surface area contributed by atoms with E-state index >= 15 is 0 Å². The fourth-order valence-corrected chi connectivity index (χ4v) is 1.76. The number of carbonyl (C=O) groups excluding carboxylic acids is 1. The second-order valence-electron chi connectivity index (χ2n) is 5.11. The Morgan fingerprint density at radius 1 is 1.40 bits per heavy atom. The molecule has 1 aromatic carbocycles. The first kappa shape index (κ1) is 16.3. The number of rotatable bonds is 8. The van der Waals surface area contributed by atoms with Crippen molar-refractivity contribution in [3.8, 4) is 5.75 Å². The second-order valence-corrected chi connectivity index (χ2v) is 5.11. The lowest BCUT2D eigenvalue weighted by molar-refractivity contribution is -0.122. The van der Waals surface area contributed by atoms with E-state index in [0.29, 0.717) is 24.1 Å². The van der Waals surface area contributed by atoms with Crippen molar-refractivity contribution in [1.29, 1.82) is 0 Å². The van der Waals surface area contributed by atoms with Gasteiger partial charge in [0.05, 0.1) is 0 Å². The molecule has 1 aromatic rings. The van der Waals surface area contributed by atoms with Gasteiger partial charge in [0, 0.05) is 25.3 Å². The molecule has 0 aliphatic heterocycles. The van der Waals surface area contributed by atoms with Crippen LogP contribution in [0.5, 0.6) is 5.75 Å². The van der Waals surface area contributed by atoms with Crippen LogP contribution in [0.15, 0.2) is 24.3 Å². The first-order valence-corrected chi connectivity index (χ1v) is 6.94. The molecule has 0 aliphatic rings. The zero-order chi connectivity index (χ0) is 15.0. The average molecular weight is 279 g/mol. The summed E-state index contributed by atoms with van der Waals surface area (Å²) >= 11 is 0. The van der Waals surface area contributed by atoms with Crippen LogP contribution in [-0.4, -0.2) is 32.7 Å². The second kappa shape index (κ2) is 8.43. The first-order valence-electron chi connectivity index (χ1n) is 6.94. The Hall–Kier alpha value is -1.75. The van der Waals surface area contributed by atoms with Gasteiger partial charge in [0.2, 0.25) is 0 Å². The summed E-state index contributed by atoms with van der Waals surface area (Å²) in [6.45, 7) is 5.85. The van der Waals surface area contributed by atoms with Crippen molar-refractivity contribution in [3.63, 3.8) is 0 Å². The Kier molecular flexibility index (Phi) is 6.87. The molecule has 0 aromatic heterocycles. The molecule has 0 fully saturated rings. The molecule has 5 nitrogen and oxygen atoms in total. The highest BCUT2D eigenvalue weighted by molar-refractivity contribution is 5.77. The Balaban J connectivity index is 2.53. The molecule has 20 heavy (non-hydrogen) atoms. The van der Waals surface area contributed by atoms with Gasteiger partial charge < -0.3 is 21.1 Å². The quantitative estimate of drug-likeness (QED) is 0.673. The topological polar surface area (TPSA) is 76.4 Å². The van der Waals surface area contributed by atoms with E-state index in [9.17, 15) is 4.79 Å². The number of nitrogens with two attached hydrogens (primary N) is 1. The highest BCUT2D eigenvalue weighted by Gasteiger charge is 2.11. The Labute approximate surface area is 120 Å². The van der Waals surface area contributed by atoms with Crippen molar-refractivity contribution in [2.75, 3.05) is 32.1 Å². The zero-order valence-corrected chi connectivity index (χ0v) is 12.5. The lowest BCUT2D eigenvalue weighted by Gasteiger charge is -2.20. The molecule has 1 rings (SSSR count).